The van der Waals surface area contributed by atoms with Crippen molar-refractivity contribution in [2.45, 2.75) is 0 Å². The lowest BCUT2D eigenvalue weighted by Gasteiger charge is -2.02. The standard InChI is InChI=1S/C9H10N2S/c10-8-12-7-6-11-9-4-2-1-3-5-9/h1-5,11H,6-7H2. The molecule has 0 bridgehead atoms. The summed E-state index contributed by atoms with van der Waals surface area (Å²) in [6.07, 6.45) is 0. The molecule has 0 amide bonds. The lowest BCUT2D eigenvalue weighted by atomic mass is 10.3. The van der Waals surface area contributed by atoms with Gasteiger partial charge in [0.15, 0.2) is 0 Å². The van der Waals surface area contributed by atoms with Crippen molar-refractivity contribution in [1.29, 1.82) is 5.26 Å². The van der Waals surface area contributed by atoms with E-state index in [1.807, 2.05) is 35.7 Å². The molecule has 2 nitrogen and oxygen atoms in total. The third-order valence-electron chi connectivity index (χ3n) is 1.37. The highest BCUT2D eigenvalue weighted by Gasteiger charge is 1.88. The summed E-state index contributed by atoms with van der Waals surface area (Å²) in [5, 5.41) is 13.5. The molecule has 62 valence electrons. The monoisotopic (exact) mass is 178 g/mol. The van der Waals surface area contributed by atoms with Crippen LogP contribution in [-0.4, -0.2) is 12.3 Å². The van der Waals surface area contributed by atoms with Gasteiger partial charge in [-0.2, -0.15) is 5.26 Å². The fourth-order valence-electron chi connectivity index (χ4n) is 0.848. The highest BCUT2D eigenvalue weighted by Crippen LogP contribution is 2.04. The van der Waals surface area contributed by atoms with Crippen molar-refractivity contribution in [1.82, 2.24) is 0 Å². The molecule has 0 aromatic heterocycles. The largest absolute Gasteiger partial charge is 0.384 e. The summed E-state index contributed by atoms with van der Waals surface area (Å²) in [4.78, 5) is 0. The Labute approximate surface area is 76.6 Å². The molecule has 3 heteroatoms. The summed E-state index contributed by atoms with van der Waals surface area (Å²) in [5.41, 5.74) is 1.11. The fourth-order valence-corrected chi connectivity index (χ4v) is 1.14. The van der Waals surface area contributed by atoms with Gasteiger partial charge in [-0.1, -0.05) is 18.2 Å². The first-order valence-electron chi connectivity index (χ1n) is 3.73. The van der Waals surface area contributed by atoms with E-state index in [1.54, 1.807) is 0 Å². The van der Waals surface area contributed by atoms with Crippen molar-refractivity contribution in [3.8, 4) is 5.40 Å². The second kappa shape index (κ2) is 5.50. The second-order valence-electron chi connectivity index (χ2n) is 2.23. The number of thiocyanates is 1. The Kier molecular flexibility index (Phi) is 4.11. The number of benzene rings is 1. The molecule has 12 heavy (non-hydrogen) atoms. The van der Waals surface area contributed by atoms with Crippen molar-refractivity contribution in [3.05, 3.63) is 30.3 Å². The van der Waals surface area contributed by atoms with Crippen molar-refractivity contribution in [2.24, 2.45) is 0 Å². The highest BCUT2D eigenvalue weighted by molar-refractivity contribution is 8.03. The number of thioether (sulfide) groups is 1. The van der Waals surface area contributed by atoms with Gasteiger partial charge in [0.25, 0.3) is 0 Å². The summed E-state index contributed by atoms with van der Waals surface area (Å²) in [6.45, 7) is 0.836. The number of para-hydroxylation sites is 1. The summed E-state index contributed by atoms with van der Waals surface area (Å²) in [5.74, 6) is 0.825. The normalized spacial score (nSPS) is 8.92. The van der Waals surface area contributed by atoms with E-state index in [2.05, 4.69) is 5.32 Å². The van der Waals surface area contributed by atoms with E-state index >= 15 is 0 Å². The predicted molar refractivity (Wildman–Crippen MR) is 53.0 cm³/mol. The summed E-state index contributed by atoms with van der Waals surface area (Å²) in [6, 6.07) is 9.98. The van der Waals surface area contributed by atoms with Gasteiger partial charge in [-0.25, -0.2) is 0 Å². The fraction of sp³-hybridized carbons (Fsp3) is 0.222. The van der Waals surface area contributed by atoms with Crippen LogP contribution < -0.4 is 5.32 Å². The van der Waals surface area contributed by atoms with Gasteiger partial charge in [0.2, 0.25) is 0 Å². The Bertz CT molecular complexity index is 253. The SMILES string of the molecule is N#CSCCNc1ccccc1. The topological polar surface area (TPSA) is 35.8 Å². The molecular weight excluding hydrogens is 168 g/mol. The van der Waals surface area contributed by atoms with Crippen LogP contribution in [0.4, 0.5) is 5.69 Å². The van der Waals surface area contributed by atoms with E-state index in [4.69, 9.17) is 5.26 Å². The van der Waals surface area contributed by atoms with Crippen LogP contribution in [0.25, 0.3) is 0 Å². The van der Waals surface area contributed by atoms with Crippen LogP contribution in [0.2, 0.25) is 0 Å². The number of hydrogen-bond donors (Lipinski definition) is 1. The quantitative estimate of drug-likeness (QED) is 0.567. The smallest absolute Gasteiger partial charge is 0.133 e. The number of nitrogens with zero attached hydrogens (tertiary/aromatic N) is 1. The molecule has 0 atom stereocenters. The van der Waals surface area contributed by atoms with E-state index in [0.717, 1.165) is 18.0 Å². The maximum atomic E-state index is 8.25. The molecule has 0 saturated carbocycles. The molecule has 0 fully saturated rings. The molecule has 0 saturated heterocycles. The lowest BCUT2D eigenvalue weighted by Crippen LogP contribution is -2.02. The third-order valence-corrected chi connectivity index (χ3v) is 1.91. The molecular formula is C9H10N2S. The number of nitrogens with one attached hydrogen (secondary N) is 1. The van der Waals surface area contributed by atoms with Gasteiger partial charge < -0.3 is 5.32 Å². The molecule has 1 N–H and O–H groups in total. The molecule has 0 aliphatic carbocycles. The van der Waals surface area contributed by atoms with E-state index in [-0.39, 0.29) is 0 Å². The lowest BCUT2D eigenvalue weighted by molar-refractivity contribution is 1.23. The minimum Gasteiger partial charge on any atom is -0.384 e. The molecule has 0 spiro atoms. The van der Waals surface area contributed by atoms with Crippen LogP contribution >= 0.6 is 11.8 Å². The summed E-state index contributed by atoms with van der Waals surface area (Å²) >= 11 is 1.27. The summed E-state index contributed by atoms with van der Waals surface area (Å²) in [7, 11) is 0. The van der Waals surface area contributed by atoms with Gasteiger partial charge in [0.05, 0.1) is 0 Å². The molecule has 0 aliphatic heterocycles. The van der Waals surface area contributed by atoms with E-state index in [1.165, 1.54) is 11.8 Å². The van der Waals surface area contributed by atoms with Crippen molar-refractivity contribution in [2.75, 3.05) is 17.6 Å². The molecule has 0 heterocycles. The Balaban J connectivity index is 2.21. The Morgan fingerprint density at radius 1 is 1.33 bits per heavy atom. The van der Waals surface area contributed by atoms with Crippen molar-refractivity contribution < 1.29 is 0 Å². The van der Waals surface area contributed by atoms with Gasteiger partial charge in [-0.15, -0.1) is 0 Å². The van der Waals surface area contributed by atoms with Gasteiger partial charge in [-0.05, 0) is 23.9 Å². The average Bonchev–Trinajstić information content (AvgIpc) is 2.14. The first-order chi connectivity index (χ1) is 5.93. The highest BCUT2D eigenvalue weighted by atomic mass is 32.2. The zero-order valence-electron chi connectivity index (χ0n) is 6.66. The number of anilines is 1. The zero-order chi connectivity index (χ0) is 8.65. The molecule has 0 radical (unpaired) electrons. The zero-order valence-corrected chi connectivity index (χ0v) is 7.47. The van der Waals surface area contributed by atoms with Crippen molar-refractivity contribution >= 4 is 17.4 Å². The number of rotatable bonds is 4. The van der Waals surface area contributed by atoms with E-state index in [9.17, 15) is 0 Å². The van der Waals surface area contributed by atoms with Crippen LogP contribution in [-0.2, 0) is 0 Å². The molecule has 1 rings (SSSR count). The minimum atomic E-state index is 0.825. The number of hydrogen-bond acceptors (Lipinski definition) is 3. The first-order valence-corrected chi connectivity index (χ1v) is 4.72. The number of nitriles is 1. The van der Waals surface area contributed by atoms with Crippen LogP contribution in [0.15, 0.2) is 30.3 Å². The Hall–Kier alpha value is -1.14. The molecule has 0 aliphatic rings. The van der Waals surface area contributed by atoms with Crippen molar-refractivity contribution in [3.63, 3.8) is 0 Å². The summed E-state index contributed by atoms with van der Waals surface area (Å²) < 4.78 is 0. The Morgan fingerprint density at radius 3 is 2.75 bits per heavy atom. The molecule has 0 unspecified atom stereocenters. The first kappa shape index (κ1) is 8.95. The molecule has 1 aromatic rings. The Morgan fingerprint density at radius 2 is 2.08 bits per heavy atom. The van der Waals surface area contributed by atoms with Crippen LogP contribution in [0.3, 0.4) is 0 Å². The maximum absolute atomic E-state index is 8.25. The van der Waals surface area contributed by atoms with Crippen LogP contribution in [0.1, 0.15) is 0 Å². The minimum absolute atomic E-state index is 0.825. The van der Waals surface area contributed by atoms with E-state index < -0.39 is 0 Å². The maximum Gasteiger partial charge on any atom is 0.133 e. The van der Waals surface area contributed by atoms with Gasteiger partial charge >= 0.3 is 0 Å². The third kappa shape index (κ3) is 3.31. The average molecular weight is 178 g/mol. The van der Waals surface area contributed by atoms with Crippen LogP contribution in [0.5, 0.6) is 0 Å². The van der Waals surface area contributed by atoms with Gasteiger partial charge in [0, 0.05) is 18.0 Å². The second-order valence-corrected chi connectivity index (χ2v) is 3.11. The van der Waals surface area contributed by atoms with Gasteiger partial charge in [0.1, 0.15) is 5.40 Å². The predicted octanol–water partition coefficient (Wildman–Crippen LogP) is 2.31. The van der Waals surface area contributed by atoms with Crippen LogP contribution in [0, 0.1) is 10.7 Å². The van der Waals surface area contributed by atoms with E-state index in [0.29, 0.717) is 0 Å². The van der Waals surface area contributed by atoms with Gasteiger partial charge in [-0.3, -0.25) is 0 Å². The molecule has 1 aromatic carbocycles.